The van der Waals surface area contributed by atoms with E-state index in [-0.39, 0.29) is 5.82 Å². The highest BCUT2D eigenvalue weighted by atomic mass is 32.2. The summed E-state index contributed by atoms with van der Waals surface area (Å²) in [6, 6.07) is 3.38. The molecule has 0 saturated heterocycles. The molecule has 0 fully saturated rings. The maximum Gasteiger partial charge on any atom is 0.178 e. The molecule has 1 N–H and O–H groups in total. The van der Waals surface area contributed by atoms with Crippen LogP contribution in [0.25, 0.3) is 11.0 Å². The maximum atomic E-state index is 13.4. The first kappa shape index (κ1) is 12.6. The zero-order chi connectivity index (χ0) is 12.4. The van der Waals surface area contributed by atoms with Crippen molar-refractivity contribution in [2.45, 2.75) is 19.9 Å². The lowest BCUT2D eigenvalue weighted by Crippen LogP contribution is -1.99. The van der Waals surface area contributed by atoms with Gasteiger partial charge in [-0.25, -0.2) is 4.39 Å². The number of hydrogen-bond donors (Lipinski definition) is 1. The van der Waals surface area contributed by atoms with E-state index in [9.17, 15) is 4.39 Å². The van der Waals surface area contributed by atoms with Gasteiger partial charge in [0.2, 0.25) is 0 Å². The van der Waals surface area contributed by atoms with E-state index < -0.39 is 0 Å². The normalized spacial score (nSPS) is 11.2. The molecule has 0 radical (unpaired) electrons. The van der Waals surface area contributed by atoms with Crippen molar-refractivity contribution >= 4 is 35.0 Å². The molecular formula is C12H15FN2S2. The molecule has 2 aromatic rings. The number of H-pyrrole nitrogens is 1. The highest BCUT2D eigenvalue weighted by Gasteiger charge is 2.07. The number of halogens is 1. The van der Waals surface area contributed by atoms with Gasteiger partial charge in [-0.3, -0.25) is 0 Å². The monoisotopic (exact) mass is 270 g/mol. The van der Waals surface area contributed by atoms with Gasteiger partial charge in [-0.2, -0.15) is 11.8 Å². The van der Waals surface area contributed by atoms with Crippen LogP contribution < -0.4 is 0 Å². The van der Waals surface area contributed by atoms with Crippen molar-refractivity contribution in [3.05, 3.63) is 28.3 Å². The summed E-state index contributed by atoms with van der Waals surface area (Å²) in [5.74, 6) is 0.916. The SMILES string of the molecule is CSCCCn1c(=S)[nH]c2cc(F)c(C)cc21. The van der Waals surface area contributed by atoms with Crippen LogP contribution in [-0.4, -0.2) is 21.6 Å². The first-order valence-electron chi connectivity index (χ1n) is 5.51. The van der Waals surface area contributed by atoms with Crippen molar-refractivity contribution in [3.63, 3.8) is 0 Å². The highest BCUT2D eigenvalue weighted by molar-refractivity contribution is 7.98. The van der Waals surface area contributed by atoms with Crippen LogP contribution in [0.3, 0.4) is 0 Å². The minimum atomic E-state index is -0.190. The third-order valence-electron chi connectivity index (χ3n) is 2.78. The van der Waals surface area contributed by atoms with Crippen LogP contribution in [0.2, 0.25) is 0 Å². The Kier molecular flexibility index (Phi) is 3.89. The van der Waals surface area contributed by atoms with E-state index >= 15 is 0 Å². The van der Waals surface area contributed by atoms with E-state index in [0.717, 1.165) is 29.8 Å². The highest BCUT2D eigenvalue weighted by Crippen LogP contribution is 2.19. The van der Waals surface area contributed by atoms with E-state index in [4.69, 9.17) is 12.2 Å². The van der Waals surface area contributed by atoms with Gasteiger partial charge in [0.25, 0.3) is 0 Å². The molecule has 0 saturated carbocycles. The molecule has 0 atom stereocenters. The third kappa shape index (κ3) is 2.55. The molecule has 2 rings (SSSR count). The average Bonchev–Trinajstić information content (AvgIpc) is 2.57. The molecule has 5 heteroatoms. The van der Waals surface area contributed by atoms with Crippen LogP contribution in [0.5, 0.6) is 0 Å². The molecule has 92 valence electrons. The summed E-state index contributed by atoms with van der Waals surface area (Å²) in [6.07, 6.45) is 3.16. The van der Waals surface area contributed by atoms with Gasteiger partial charge in [0.05, 0.1) is 11.0 Å². The maximum absolute atomic E-state index is 13.4. The summed E-state index contributed by atoms with van der Waals surface area (Å²) in [7, 11) is 0. The molecule has 1 aromatic carbocycles. The van der Waals surface area contributed by atoms with Crippen LogP contribution in [0, 0.1) is 17.5 Å². The molecule has 0 aliphatic carbocycles. The predicted molar refractivity (Wildman–Crippen MR) is 74.8 cm³/mol. The Labute approximate surface area is 109 Å². The number of thioether (sulfide) groups is 1. The fourth-order valence-electron chi connectivity index (χ4n) is 1.87. The number of aromatic amines is 1. The van der Waals surface area contributed by atoms with Gasteiger partial charge >= 0.3 is 0 Å². The van der Waals surface area contributed by atoms with Crippen molar-refractivity contribution in [2.24, 2.45) is 0 Å². The minimum absolute atomic E-state index is 0.190. The number of nitrogens with zero attached hydrogens (tertiary/aromatic N) is 1. The van der Waals surface area contributed by atoms with Crippen molar-refractivity contribution in [2.75, 3.05) is 12.0 Å². The Morgan fingerprint density at radius 3 is 2.94 bits per heavy atom. The van der Waals surface area contributed by atoms with Gasteiger partial charge in [0.15, 0.2) is 4.77 Å². The van der Waals surface area contributed by atoms with Crippen molar-refractivity contribution in [1.29, 1.82) is 0 Å². The van der Waals surface area contributed by atoms with E-state index in [2.05, 4.69) is 11.2 Å². The summed E-state index contributed by atoms with van der Waals surface area (Å²) >= 11 is 7.09. The van der Waals surface area contributed by atoms with Gasteiger partial charge in [0.1, 0.15) is 5.82 Å². The number of fused-ring (bicyclic) bond motifs is 1. The Morgan fingerprint density at radius 2 is 2.24 bits per heavy atom. The van der Waals surface area contributed by atoms with E-state index in [0.29, 0.717) is 10.3 Å². The van der Waals surface area contributed by atoms with Crippen LogP contribution in [-0.2, 0) is 6.54 Å². The zero-order valence-corrected chi connectivity index (χ0v) is 11.6. The summed E-state index contributed by atoms with van der Waals surface area (Å²) in [5.41, 5.74) is 2.43. The van der Waals surface area contributed by atoms with E-state index in [1.807, 2.05) is 22.4 Å². The number of rotatable bonds is 4. The average molecular weight is 270 g/mol. The fraction of sp³-hybridized carbons (Fsp3) is 0.417. The van der Waals surface area contributed by atoms with Crippen molar-refractivity contribution in [3.8, 4) is 0 Å². The van der Waals surface area contributed by atoms with Crippen LogP contribution in [0.15, 0.2) is 12.1 Å². The summed E-state index contributed by atoms with van der Waals surface area (Å²) in [5, 5.41) is 0. The lowest BCUT2D eigenvalue weighted by Gasteiger charge is -2.04. The third-order valence-corrected chi connectivity index (χ3v) is 3.80. The van der Waals surface area contributed by atoms with Gasteiger partial charge in [-0.15, -0.1) is 0 Å². The summed E-state index contributed by atoms with van der Waals surface area (Å²) in [6.45, 7) is 2.65. The van der Waals surface area contributed by atoms with Crippen molar-refractivity contribution in [1.82, 2.24) is 9.55 Å². The smallest absolute Gasteiger partial charge is 0.178 e. The quantitative estimate of drug-likeness (QED) is 0.672. The molecule has 17 heavy (non-hydrogen) atoms. The number of benzene rings is 1. The zero-order valence-electron chi connectivity index (χ0n) is 9.92. The standard InChI is InChI=1S/C12H15FN2S2/c1-8-6-11-10(7-9(8)13)14-12(16)15(11)4-3-5-17-2/h6-7H,3-5H2,1-2H3,(H,14,16). The van der Waals surface area contributed by atoms with Crippen LogP contribution in [0.1, 0.15) is 12.0 Å². The lowest BCUT2D eigenvalue weighted by atomic mass is 10.2. The summed E-state index contributed by atoms with van der Waals surface area (Å²) < 4.78 is 16.2. The van der Waals surface area contributed by atoms with E-state index in [1.165, 1.54) is 6.07 Å². The molecule has 1 heterocycles. The first-order chi connectivity index (χ1) is 8.13. The molecule has 0 bridgehead atoms. The largest absolute Gasteiger partial charge is 0.330 e. The molecule has 0 amide bonds. The molecule has 2 nitrogen and oxygen atoms in total. The number of imidazole rings is 1. The predicted octanol–water partition coefficient (Wildman–Crippen LogP) is 3.90. The first-order valence-corrected chi connectivity index (χ1v) is 7.31. The molecular weight excluding hydrogens is 255 g/mol. The molecule has 0 unspecified atom stereocenters. The van der Waals surface area contributed by atoms with Gasteiger partial charge in [-0.05, 0) is 55.3 Å². The minimum Gasteiger partial charge on any atom is -0.330 e. The second kappa shape index (κ2) is 5.23. The number of aromatic nitrogens is 2. The molecule has 0 spiro atoms. The number of hydrogen-bond acceptors (Lipinski definition) is 2. The number of aryl methyl sites for hydroxylation is 2. The summed E-state index contributed by atoms with van der Waals surface area (Å²) in [4.78, 5) is 3.05. The second-order valence-electron chi connectivity index (χ2n) is 4.05. The van der Waals surface area contributed by atoms with Crippen molar-refractivity contribution < 1.29 is 4.39 Å². The van der Waals surface area contributed by atoms with Gasteiger partial charge in [-0.1, -0.05) is 0 Å². The Bertz CT molecular complexity index is 586. The Morgan fingerprint density at radius 1 is 1.47 bits per heavy atom. The Balaban J connectivity index is 2.44. The molecule has 0 aliphatic rings. The fourth-order valence-corrected chi connectivity index (χ4v) is 2.59. The Hall–Kier alpha value is -0.810. The molecule has 1 aromatic heterocycles. The molecule has 0 aliphatic heterocycles. The van der Waals surface area contributed by atoms with Crippen LogP contribution >= 0.6 is 24.0 Å². The van der Waals surface area contributed by atoms with Gasteiger partial charge in [0, 0.05) is 6.54 Å². The van der Waals surface area contributed by atoms with Crippen LogP contribution in [0.4, 0.5) is 4.39 Å². The lowest BCUT2D eigenvalue weighted by molar-refractivity contribution is 0.620. The van der Waals surface area contributed by atoms with E-state index in [1.54, 1.807) is 6.92 Å². The topological polar surface area (TPSA) is 20.7 Å². The second-order valence-corrected chi connectivity index (χ2v) is 5.42. The van der Waals surface area contributed by atoms with Gasteiger partial charge < -0.3 is 9.55 Å². The number of nitrogens with one attached hydrogen (secondary N) is 1.